The minimum atomic E-state index is -0.419. The third-order valence-electron chi connectivity index (χ3n) is 3.49. The van der Waals surface area contributed by atoms with E-state index >= 15 is 0 Å². The second kappa shape index (κ2) is 4.24. The number of fused-ring (bicyclic) bond motifs is 1. The molecule has 1 atom stereocenters. The molecule has 1 aromatic carbocycles. The van der Waals surface area contributed by atoms with Crippen LogP contribution in [-0.2, 0) is 4.74 Å². The molecule has 0 amide bonds. The van der Waals surface area contributed by atoms with E-state index in [1.807, 2.05) is 0 Å². The fraction of sp³-hybridized carbons (Fsp3) is 0.462. The summed E-state index contributed by atoms with van der Waals surface area (Å²) in [4.78, 5) is 0. The standard InChI is InChI=1S/C13H15FN2O2/c1-8-10(14)6-11-9(13(8)17)7-15-16(11)12-4-2-3-5-18-12/h6-7,12,17H,2-5H2,1H3. The molecule has 0 bridgehead atoms. The van der Waals surface area contributed by atoms with E-state index in [2.05, 4.69) is 5.10 Å². The molecule has 1 saturated heterocycles. The largest absolute Gasteiger partial charge is 0.507 e. The lowest BCUT2D eigenvalue weighted by molar-refractivity contribution is -0.0366. The second-order valence-corrected chi connectivity index (χ2v) is 4.68. The summed E-state index contributed by atoms with van der Waals surface area (Å²) in [6.07, 6.45) is 4.40. The summed E-state index contributed by atoms with van der Waals surface area (Å²) < 4.78 is 21.0. The number of aromatic nitrogens is 2. The molecule has 1 aliphatic rings. The number of nitrogens with zero attached hydrogens (tertiary/aromatic N) is 2. The van der Waals surface area contributed by atoms with Gasteiger partial charge < -0.3 is 9.84 Å². The van der Waals surface area contributed by atoms with E-state index in [9.17, 15) is 9.50 Å². The van der Waals surface area contributed by atoms with E-state index in [1.165, 1.54) is 6.07 Å². The maximum atomic E-state index is 13.7. The highest BCUT2D eigenvalue weighted by Crippen LogP contribution is 2.33. The average Bonchev–Trinajstić information content (AvgIpc) is 2.81. The van der Waals surface area contributed by atoms with Gasteiger partial charge in [-0.25, -0.2) is 9.07 Å². The van der Waals surface area contributed by atoms with Crippen molar-refractivity contribution >= 4 is 10.9 Å². The van der Waals surface area contributed by atoms with Crippen LogP contribution in [0, 0.1) is 12.7 Å². The number of ether oxygens (including phenoxy) is 1. The maximum absolute atomic E-state index is 13.7. The van der Waals surface area contributed by atoms with Gasteiger partial charge in [-0.3, -0.25) is 0 Å². The Kier molecular flexibility index (Phi) is 2.70. The quantitative estimate of drug-likeness (QED) is 0.846. The van der Waals surface area contributed by atoms with Crippen LogP contribution in [0.4, 0.5) is 4.39 Å². The van der Waals surface area contributed by atoms with E-state index in [0.29, 0.717) is 17.5 Å². The molecule has 3 rings (SSSR count). The summed E-state index contributed by atoms with van der Waals surface area (Å²) in [5.74, 6) is -0.454. The Morgan fingerprint density at radius 2 is 2.33 bits per heavy atom. The first kappa shape index (κ1) is 11.5. The zero-order valence-corrected chi connectivity index (χ0v) is 10.2. The number of phenols is 1. The Labute approximate surface area is 104 Å². The smallest absolute Gasteiger partial charge is 0.150 e. The zero-order chi connectivity index (χ0) is 12.7. The number of halogens is 1. The van der Waals surface area contributed by atoms with Crippen LogP contribution in [0.2, 0.25) is 0 Å². The van der Waals surface area contributed by atoms with E-state index in [0.717, 1.165) is 19.3 Å². The molecule has 0 spiro atoms. The van der Waals surface area contributed by atoms with Crippen molar-refractivity contribution in [3.63, 3.8) is 0 Å². The Bertz CT molecular complexity index is 588. The normalized spacial score (nSPS) is 20.4. The van der Waals surface area contributed by atoms with Gasteiger partial charge in [0, 0.05) is 18.2 Å². The lowest BCUT2D eigenvalue weighted by Crippen LogP contribution is -2.19. The molecule has 1 aromatic heterocycles. The van der Waals surface area contributed by atoms with Crippen molar-refractivity contribution in [3.8, 4) is 5.75 Å². The molecule has 0 radical (unpaired) electrons. The highest BCUT2D eigenvalue weighted by Gasteiger charge is 2.21. The Morgan fingerprint density at radius 1 is 1.50 bits per heavy atom. The van der Waals surface area contributed by atoms with Gasteiger partial charge in [0.05, 0.1) is 17.1 Å². The second-order valence-electron chi connectivity index (χ2n) is 4.68. The van der Waals surface area contributed by atoms with Gasteiger partial charge in [0.1, 0.15) is 11.6 Å². The zero-order valence-electron chi connectivity index (χ0n) is 10.2. The number of phenolic OH excluding ortho intramolecular Hbond substituents is 1. The molecule has 5 heteroatoms. The first-order valence-corrected chi connectivity index (χ1v) is 6.15. The predicted octanol–water partition coefficient (Wildman–Crippen LogP) is 2.89. The van der Waals surface area contributed by atoms with Crippen LogP contribution in [0.5, 0.6) is 5.75 Å². The lowest BCUT2D eigenvalue weighted by atomic mass is 10.1. The van der Waals surface area contributed by atoms with Crippen LogP contribution in [0.3, 0.4) is 0 Å². The lowest BCUT2D eigenvalue weighted by Gasteiger charge is -2.23. The van der Waals surface area contributed by atoms with E-state index in [1.54, 1.807) is 17.8 Å². The summed E-state index contributed by atoms with van der Waals surface area (Å²) in [5, 5.41) is 14.7. The van der Waals surface area contributed by atoms with Gasteiger partial charge in [0.15, 0.2) is 6.23 Å². The SMILES string of the molecule is Cc1c(F)cc2c(cnn2C2CCCCO2)c1O. The molecule has 1 unspecified atom stereocenters. The van der Waals surface area contributed by atoms with Gasteiger partial charge in [-0.2, -0.15) is 5.10 Å². The fourth-order valence-electron chi connectivity index (χ4n) is 2.39. The molecule has 2 heterocycles. The van der Waals surface area contributed by atoms with E-state index < -0.39 is 5.82 Å². The number of hydrogen-bond donors (Lipinski definition) is 1. The van der Waals surface area contributed by atoms with Crippen molar-refractivity contribution in [2.75, 3.05) is 6.61 Å². The van der Waals surface area contributed by atoms with Gasteiger partial charge >= 0.3 is 0 Å². The molecule has 4 nitrogen and oxygen atoms in total. The third kappa shape index (κ3) is 1.66. The predicted molar refractivity (Wildman–Crippen MR) is 64.9 cm³/mol. The monoisotopic (exact) mass is 250 g/mol. The maximum Gasteiger partial charge on any atom is 0.150 e. The number of aromatic hydroxyl groups is 1. The van der Waals surface area contributed by atoms with Gasteiger partial charge in [-0.15, -0.1) is 0 Å². The number of rotatable bonds is 1. The Hall–Kier alpha value is -1.62. The first-order valence-electron chi connectivity index (χ1n) is 6.15. The van der Waals surface area contributed by atoms with Gasteiger partial charge in [-0.1, -0.05) is 0 Å². The summed E-state index contributed by atoms with van der Waals surface area (Å²) in [6.45, 7) is 2.25. The molecule has 1 N–H and O–H groups in total. The minimum absolute atomic E-state index is 0.0351. The Balaban J connectivity index is 2.13. The number of hydrogen-bond acceptors (Lipinski definition) is 3. The molecular formula is C13H15FN2O2. The van der Waals surface area contributed by atoms with Gasteiger partial charge in [0.2, 0.25) is 0 Å². The summed E-state index contributed by atoms with van der Waals surface area (Å²) in [7, 11) is 0. The van der Waals surface area contributed by atoms with E-state index in [-0.39, 0.29) is 17.5 Å². The van der Waals surface area contributed by atoms with Crippen LogP contribution >= 0.6 is 0 Å². The highest BCUT2D eigenvalue weighted by molar-refractivity contribution is 5.86. The van der Waals surface area contributed by atoms with Crippen molar-refractivity contribution in [2.45, 2.75) is 32.4 Å². The van der Waals surface area contributed by atoms with Crippen LogP contribution in [-0.4, -0.2) is 21.5 Å². The average molecular weight is 250 g/mol. The van der Waals surface area contributed by atoms with Crippen molar-refractivity contribution in [3.05, 3.63) is 23.6 Å². The molecule has 2 aromatic rings. The summed E-state index contributed by atoms with van der Waals surface area (Å²) >= 11 is 0. The number of benzene rings is 1. The van der Waals surface area contributed by atoms with Crippen LogP contribution in [0.25, 0.3) is 10.9 Å². The van der Waals surface area contributed by atoms with Crippen molar-refractivity contribution in [1.82, 2.24) is 9.78 Å². The molecule has 18 heavy (non-hydrogen) atoms. The molecule has 96 valence electrons. The van der Waals surface area contributed by atoms with Crippen LogP contribution in [0.1, 0.15) is 31.1 Å². The molecule has 0 aliphatic carbocycles. The van der Waals surface area contributed by atoms with Crippen molar-refractivity contribution in [2.24, 2.45) is 0 Å². The van der Waals surface area contributed by atoms with Gasteiger partial charge in [0.25, 0.3) is 0 Å². The molecular weight excluding hydrogens is 235 g/mol. The van der Waals surface area contributed by atoms with E-state index in [4.69, 9.17) is 4.74 Å². The topological polar surface area (TPSA) is 47.3 Å². The molecule has 0 saturated carbocycles. The van der Waals surface area contributed by atoms with Gasteiger partial charge in [-0.05, 0) is 26.2 Å². The van der Waals surface area contributed by atoms with Crippen molar-refractivity contribution in [1.29, 1.82) is 0 Å². The molecule has 1 aliphatic heterocycles. The highest BCUT2D eigenvalue weighted by atomic mass is 19.1. The summed E-state index contributed by atoms with van der Waals surface area (Å²) in [5.41, 5.74) is 0.842. The third-order valence-corrected chi connectivity index (χ3v) is 3.49. The fourth-order valence-corrected chi connectivity index (χ4v) is 2.39. The minimum Gasteiger partial charge on any atom is -0.507 e. The summed E-state index contributed by atoms with van der Waals surface area (Å²) in [6, 6.07) is 1.41. The Morgan fingerprint density at radius 3 is 3.06 bits per heavy atom. The van der Waals surface area contributed by atoms with Crippen molar-refractivity contribution < 1.29 is 14.2 Å². The molecule has 1 fully saturated rings. The van der Waals surface area contributed by atoms with Crippen LogP contribution < -0.4 is 0 Å². The first-order chi connectivity index (χ1) is 8.68. The van der Waals surface area contributed by atoms with Crippen LogP contribution in [0.15, 0.2) is 12.3 Å².